The van der Waals surface area contributed by atoms with Crippen molar-refractivity contribution in [2.75, 3.05) is 13.6 Å². The number of carbonyl (C=O) groups excluding carboxylic acids is 2. The number of esters is 2. The first kappa shape index (κ1) is 16.7. The molecular weight excluding hydrogens is 270 g/mol. The van der Waals surface area contributed by atoms with E-state index in [4.69, 9.17) is 9.47 Å². The third-order valence-electron chi connectivity index (χ3n) is 2.58. The summed E-state index contributed by atoms with van der Waals surface area (Å²) < 4.78 is 9.98. The summed E-state index contributed by atoms with van der Waals surface area (Å²) in [6.07, 6.45) is 1.03. The Bertz CT molecular complexity index is 476. The van der Waals surface area contributed by atoms with Gasteiger partial charge in [-0.3, -0.25) is 4.90 Å². The number of likely N-dealkylation sites (N-methyl/N-ethyl adjacent to an activating group) is 1. The normalized spacial score (nSPS) is 10.2. The van der Waals surface area contributed by atoms with Gasteiger partial charge >= 0.3 is 11.9 Å². The van der Waals surface area contributed by atoms with Crippen LogP contribution < -0.4 is 0 Å². The van der Waals surface area contributed by atoms with Crippen molar-refractivity contribution in [3.05, 3.63) is 61.2 Å². The van der Waals surface area contributed by atoms with E-state index in [9.17, 15) is 9.59 Å². The molecule has 1 rings (SSSR count). The predicted molar refractivity (Wildman–Crippen MR) is 79.1 cm³/mol. The smallest absolute Gasteiger partial charge is 0.333 e. The van der Waals surface area contributed by atoms with Gasteiger partial charge in [0.05, 0.1) is 6.54 Å². The Hall–Kier alpha value is -2.40. The van der Waals surface area contributed by atoms with Crippen LogP contribution in [0, 0.1) is 0 Å². The van der Waals surface area contributed by atoms with Gasteiger partial charge in [0.25, 0.3) is 6.29 Å². The summed E-state index contributed by atoms with van der Waals surface area (Å²) in [7, 11) is 1.84. The van der Waals surface area contributed by atoms with Crippen molar-refractivity contribution in [3.63, 3.8) is 0 Å². The van der Waals surface area contributed by atoms with Gasteiger partial charge in [-0.1, -0.05) is 43.5 Å². The highest BCUT2D eigenvalue weighted by Crippen LogP contribution is 2.06. The first-order chi connectivity index (χ1) is 10.0. The first-order valence-corrected chi connectivity index (χ1v) is 6.43. The first-order valence-electron chi connectivity index (χ1n) is 6.43. The maximum Gasteiger partial charge on any atom is 0.333 e. The molecule has 0 bridgehead atoms. The zero-order valence-corrected chi connectivity index (χ0v) is 12.0. The molecule has 5 nitrogen and oxygen atoms in total. The fourth-order valence-electron chi connectivity index (χ4n) is 1.67. The fraction of sp³-hybridized carbons (Fsp3) is 0.250. The highest BCUT2D eigenvalue weighted by atomic mass is 16.7. The lowest BCUT2D eigenvalue weighted by Gasteiger charge is -2.23. The maximum atomic E-state index is 11.3. The Morgan fingerprint density at radius 2 is 1.67 bits per heavy atom. The topological polar surface area (TPSA) is 55.8 Å². The van der Waals surface area contributed by atoms with E-state index < -0.39 is 18.2 Å². The van der Waals surface area contributed by atoms with Gasteiger partial charge in [0.1, 0.15) is 0 Å². The maximum absolute atomic E-state index is 11.3. The molecule has 0 amide bonds. The Kier molecular flexibility index (Phi) is 6.91. The molecule has 0 aliphatic carbocycles. The lowest BCUT2D eigenvalue weighted by Crippen LogP contribution is -2.35. The third kappa shape index (κ3) is 6.54. The van der Waals surface area contributed by atoms with Crippen LogP contribution in [0.5, 0.6) is 0 Å². The molecule has 0 saturated heterocycles. The Morgan fingerprint density at radius 3 is 2.14 bits per heavy atom. The molecule has 0 aromatic heterocycles. The Balaban J connectivity index is 2.61. The van der Waals surface area contributed by atoms with Gasteiger partial charge in [0.15, 0.2) is 0 Å². The van der Waals surface area contributed by atoms with E-state index in [0.29, 0.717) is 6.54 Å². The zero-order chi connectivity index (χ0) is 15.7. The van der Waals surface area contributed by atoms with Gasteiger partial charge in [-0.05, 0) is 12.6 Å². The Labute approximate surface area is 124 Å². The third-order valence-corrected chi connectivity index (χ3v) is 2.58. The summed E-state index contributed by atoms with van der Waals surface area (Å²) in [5.74, 6) is -1.30. The van der Waals surface area contributed by atoms with E-state index in [1.807, 2.05) is 42.3 Å². The number of ether oxygens (including phenoxy) is 2. The second kappa shape index (κ2) is 8.71. The minimum absolute atomic E-state index is 0.244. The average Bonchev–Trinajstić information content (AvgIpc) is 2.47. The largest absolute Gasteiger partial charge is 0.421 e. The molecule has 5 heteroatoms. The van der Waals surface area contributed by atoms with E-state index in [2.05, 4.69) is 13.2 Å². The van der Waals surface area contributed by atoms with E-state index in [1.165, 1.54) is 0 Å². The summed E-state index contributed by atoms with van der Waals surface area (Å²) in [6.45, 7) is 7.50. The number of hydrogen-bond donors (Lipinski definition) is 0. The SMILES string of the molecule is C=CC(=O)OC(CN(C)Cc1ccccc1)OC(=O)C=C. The summed E-state index contributed by atoms with van der Waals surface area (Å²) in [5, 5.41) is 0. The van der Waals surface area contributed by atoms with Crippen LogP contribution in [0.25, 0.3) is 0 Å². The van der Waals surface area contributed by atoms with E-state index in [1.54, 1.807) is 0 Å². The second-order valence-electron chi connectivity index (χ2n) is 4.39. The van der Waals surface area contributed by atoms with E-state index in [0.717, 1.165) is 17.7 Å². The molecule has 0 fully saturated rings. The van der Waals surface area contributed by atoms with Crippen LogP contribution >= 0.6 is 0 Å². The monoisotopic (exact) mass is 289 g/mol. The molecule has 0 atom stereocenters. The van der Waals surface area contributed by atoms with Crippen molar-refractivity contribution in [2.45, 2.75) is 12.8 Å². The van der Waals surface area contributed by atoms with Crippen LogP contribution in [0.3, 0.4) is 0 Å². The lowest BCUT2D eigenvalue weighted by molar-refractivity contribution is -0.183. The van der Waals surface area contributed by atoms with Crippen molar-refractivity contribution in [1.29, 1.82) is 0 Å². The molecule has 0 N–H and O–H groups in total. The molecule has 21 heavy (non-hydrogen) atoms. The molecule has 112 valence electrons. The van der Waals surface area contributed by atoms with Crippen LogP contribution in [0.2, 0.25) is 0 Å². The van der Waals surface area contributed by atoms with E-state index >= 15 is 0 Å². The van der Waals surface area contributed by atoms with Gasteiger partial charge in [-0.25, -0.2) is 9.59 Å². The minimum atomic E-state index is -1.00. The fourth-order valence-corrected chi connectivity index (χ4v) is 1.67. The second-order valence-corrected chi connectivity index (χ2v) is 4.39. The van der Waals surface area contributed by atoms with Gasteiger partial charge in [-0.15, -0.1) is 0 Å². The van der Waals surface area contributed by atoms with Crippen molar-refractivity contribution >= 4 is 11.9 Å². The Morgan fingerprint density at radius 1 is 1.14 bits per heavy atom. The highest BCUT2D eigenvalue weighted by Gasteiger charge is 2.18. The molecule has 0 radical (unpaired) electrons. The highest BCUT2D eigenvalue weighted by molar-refractivity contribution is 5.83. The number of hydrogen-bond acceptors (Lipinski definition) is 5. The molecule has 0 saturated carbocycles. The molecular formula is C16H19NO4. The van der Waals surface area contributed by atoms with Crippen molar-refractivity contribution in [2.24, 2.45) is 0 Å². The zero-order valence-electron chi connectivity index (χ0n) is 12.0. The van der Waals surface area contributed by atoms with Crippen molar-refractivity contribution in [1.82, 2.24) is 4.90 Å². The number of benzene rings is 1. The van der Waals surface area contributed by atoms with Crippen molar-refractivity contribution < 1.29 is 19.1 Å². The standard InChI is InChI=1S/C16H19NO4/c1-4-14(18)20-16(21-15(19)5-2)12-17(3)11-13-9-7-6-8-10-13/h4-10,16H,1-2,11-12H2,3H3. The van der Waals surface area contributed by atoms with Crippen LogP contribution in [-0.4, -0.2) is 36.7 Å². The van der Waals surface area contributed by atoms with Crippen LogP contribution in [0.4, 0.5) is 0 Å². The molecule has 0 aliphatic rings. The summed E-state index contributed by atoms with van der Waals surface area (Å²) in [6, 6.07) is 9.78. The molecule has 0 unspecified atom stereocenters. The molecule has 0 heterocycles. The summed E-state index contributed by atoms with van der Waals surface area (Å²) >= 11 is 0. The molecule has 1 aromatic carbocycles. The number of rotatable bonds is 8. The minimum Gasteiger partial charge on any atom is -0.421 e. The molecule has 0 aliphatic heterocycles. The van der Waals surface area contributed by atoms with Crippen LogP contribution in [0.1, 0.15) is 5.56 Å². The summed E-state index contributed by atoms with van der Waals surface area (Å²) in [5.41, 5.74) is 1.10. The van der Waals surface area contributed by atoms with Gasteiger partial charge in [-0.2, -0.15) is 0 Å². The predicted octanol–water partition coefficient (Wildman–Crippen LogP) is 1.90. The van der Waals surface area contributed by atoms with Crippen LogP contribution in [0.15, 0.2) is 55.6 Å². The van der Waals surface area contributed by atoms with Gasteiger partial charge < -0.3 is 9.47 Å². The van der Waals surface area contributed by atoms with Gasteiger partial charge in [0, 0.05) is 18.7 Å². The average molecular weight is 289 g/mol. The molecule has 1 aromatic rings. The van der Waals surface area contributed by atoms with E-state index in [-0.39, 0.29) is 6.54 Å². The molecule has 0 spiro atoms. The number of nitrogens with zero attached hydrogens (tertiary/aromatic N) is 1. The van der Waals surface area contributed by atoms with Crippen molar-refractivity contribution in [3.8, 4) is 0 Å². The summed E-state index contributed by atoms with van der Waals surface area (Å²) in [4.78, 5) is 24.4. The quantitative estimate of drug-likeness (QED) is 0.415. The lowest BCUT2D eigenvalue weighted by atomic mass is 10.2. The van der Waals surface area contributed by atoms with Gasteiger partial charge in [0.2, 0.25) is 0 Å². The van der Waals surface area contributed by atoms with Crippen LogP contribution in [-0.2, 0) is 25.6 Å². The number of carbonyl (C=O) groups is 2.